The third kappa shape index (κ3) is 5.00. The van der Waals surface area contributed by atoms with Gasteiger partial charge in [-0.15, -0.1) is 0 Å². The smallest absolute Gasteiger partial charge is 0.336 e. The Bertz CT molecular complexity index is 957. The number of nitrogens with one attached hydrogen (secondary N) is 1. The predicted molar refractivity (Wildman–Crippen MR) is 123 cm³/mol. The fraction of sp³-hybridized carbons (Fsp3) is 0.538. The second kappa shape index (κ2) is 9.80. The Morgan fingerprint density at radius 3 is 2.66 bits per heavy atom. The Labute approximate surface area is 190 Å². The van der Waals surface area contributed by atoms with E-state index in [1.54, 1.807) is 18.2 Å². The van der Waals surface area contributed by atoms with E-state index in [0.29, 0.717) is 42.2 Å². The van der Waals surface area contributed by atoms with Gasteiger partial charge >= 0.3 is 5.97 Å². The van der Waals surface area contributed by atoms with Gasteiger partial charge in [-0.3, -0.25) is 4.79 Å². The molecule has 0 spiro atoms. The van der Waals surface area contributed by atoms with Gasteiger partial charge in [-0.2, -0.15) is 0 Å². The summed E-state index contributed by atoms with van der Waals surface area (Å²) in [5.74, 6) is -0.579. The van der Waals surface area contributed by atoms with E-state index in [1.807, 2.05) is 13.8 Å². The molecule has 1 aliphatic heterocycles. The van der Waals surface area contributed by atoms with Gasteiger partial charge in [-0.25, -0.2) is 4.79 Å². The number of benzene rings is 1. The van der Waals surface area contributed by atoms with Crippen molar-refractivity contribution >= 4 is 11.8 Å². The van der Waals surface area contributed by atoms with Crippen molar-refractivity contribution in [2.45, 2.75) is 72.6 Å². The number of dihydropyridines is 1. The minimum absolute atomic E-state index is 0.0271. The maximum Gasteiger partial charge on any atom is 0.336 e. The third-order valence-electron chi connectivity index (χ3n) is 6.06. The number of ether oxygens (including phenoxy) is 2. The first-order valence-electron chi connectivity index (χ1n) is 11.5. The Morgan fingerprint density at radius 2 is 1.97 bits per heavy atom. The van der Waals surface area contributed by atoms with E-state index in [1.165, 1.54) is 0 Å². The van der Waals surface area contributed by atoms with Crippen LogP contribution in [0.25, 0.3) is 0 Å². The molecule has 0 aromatic heterocycles. The zero-order valence-electron chi connectivity index (χ0n) is 19.8. The van der Waals surface area contributed by atoms with Crippen LogP contribution in [0.2, 0.25) is 0 Å². The van der Waals surface area contributed by atoms with E-state index in [0.717, 1.165) is 36.9 Å². The van der Waals surface area contributed by atoms with Crippen molar-refractivity contribution in [2.75, 3.05) is 13.2 Å². The SMILES string of the molecule is CCCCCOC(=O)C1=C(C)NC2=C(C(=O)CC(C)(C)C2)[C@H]1c1ccc(O)c(OCC)c1. The van der Waals surface area contributed by atoms with Crippen LogP contribution < -0.4 is 10.1 Å². The molecule has 0 unspecified atom stereocenters. The van der Waals surface area contributed by atoms with Crippen LogP contribution in [0.4, 0.5) is 0 Å². The molecule has 6 nitrogen and oxygen atoms in total. The van der Waals surface area contributed by atoms with E-state index in [9.17, 15) is 14.7 Å². The summed E-state index contributed by atoms with van der Waals surface area (Å²) in [6.45, 7) is 10.7. The molecule has 0 bridgehead atoms. The average Bonchev–Trinajstić information content (AvgIpc) is 2.71. The molecule has 6 heteroatoms. The van der Waals surface area contributed by atoms with Crippen LogP contribution in [0.1, 0.15) is 78.2 Å². The summed E-state index contributed by atoms with van der Waals surface area (Å²) in [6, 6.07) is 5.03. The molecule has 3 rings (SSSR count). The zero-order chi connectivity index (χ0) is 23.5. The topological polar surface area (TPSA) is 84.9 Å². The number of allylic oxidation sites excluding steroid dienone is 3. The molecule has 0 amide bonds. The summed E-state index contributed by atoms with van der Waals surface area (Å²) in [5, 5.41) is 13.5. The van der Waals surface area contributed by atoms with Crippen molar-refractivity contribution < 1.29 is 24.2 Å². The Balaban J connectivity index is 2.07. The van der Waals surface area contributed by atoms with Gasteiger partial charge in [0.15, 0.2) is 17.3 Å². The monoisotopic (exact) mass is 441 g/mol. The summed E-state index contributed by atoms with van der Waals surface area (Å²) in [7, 11) is 0. The van der Waals surface area contributed by atoms with E-state index >= 15 is 0 Å². The molecule has 0 fully saturated rings. The lowest BCUT2D eigenvalue weighted by atomic mass is 9.68. The summed E-state index contributed by atoms with van der Waals surface area (Å²) >= 11 is 0. The number of phenols is 1. The fourth-order valence-corrected chi connectivity index (χ4v) is 4.62. The van der Waals surface area contributed by atoms with Crippen LogP contribution in [0, 0.1) is 5.41 Å². The number of carbonyl (C=O) groups excluding carboxylic acids is 2. The molecule has 0 saturated heterocycles. The number of hydrogen-bond acceptors (Lipinski definition) is 6. The maximum absolute atomic E-state index is 13.3. The molecule has 1 aromatic rings. The third-order valence-corrected chi connectivity index (χ3v) is 6.06. The quantitative estimate of drug-likeness (QED) is 0.430. The number of hydrogen-bond donors (Lipinski definition) is 2. The Kier molecular flexibility index (Phi) is 7.32. The largest absolute Gasteiger partial charge is 0.504 e. The molecule has 32 heavy (non-hydrogen) atoms. The highest BCUT2D eigenvalue weighted by Crippen LogP contribution is 2.47. The number of Topliss-reactive ketones (excluding diaryl/α,β-unsaturated/α-hetero) is 1. The molecule has 2 N–H and O–H groups in total. The highest BCUT2D eigenvalue weighted by molar-refractivity contribution is 6.04. The van der Waals surface area contributed by atoms with Gasteiger partial charge < -0.3 is 19.9 Å². The number of phenolic OH excluding ortho intramolecular Hbond substituents is 1. The van der Waals surface area contributed by atoms with Gasteiger partial charge in [0.05, 0.1) is 18.8 Å². The van der Waals surface area contributed by atoms with E-state index in [-0.39, 0.29) is 16.9 Å². The van der Waals surface area contributed by atoms with Crippen LogP contribution in [0.15, 0.2) is 40.7 Å². The van der Waals surface area contributed by atoms with Gasteiger partial charge in [0, 0.05) is 29.3 Å². The maximum atomic E-state index is 13.3. The molecule has 1 aromatic carbocycles. The number of aromatic hydroxyl groups is 1. The minimum atomic E-state index is -0.562. The van der Waals surface area contributed by atoms with Crippen molar-refractivity contribution in [1.82, 2.24) is 5.32 Å². The molecule has 1 atom stereocenters. The lowest BCUT2D eigenvalue weighted by molar-refractivity contribution is -0.139. The normalized spacial score (nSPS) is 20.0. The fourth-order valence-electron chi connectivity index (χ4n) is 4.62. The van der Waals surface area contributed by atoms with E-state index < -0.39 is 11.9 Å². The molecule has 174 valence electrons. The Hall–Kier alpha value is -2.76. The number of carbonyl (C=O) groups is 2. The van der Waals surface area contributed by atoms with Crippen LogP contribution in [-0.2, 0) is 14.3 Å². The first-order chi connectivity index (χ1) is 15.2. The molecular formula is C26H35NO5. The predicted octanol–water partition coefficient (Wildman–Crippen LogP) is 5.13. The van der Waals surface area contributed by atoms with Gasteiger partial charge in [0.2, 0.25) is 0 Å². The van der Waals surface area contributed by atoms with Crippen LogP contribution >= 0.6 is 0 Å². The van der Waals surface area contributed by atoms with E-state index in [2.05, 4.69) is 26.1 Å². The van der Waals surface area contributed by atoms with Crippen molar-refractivity contribution in [2.24, 2.45) is 5.41 Å². The van der Waals surface area contributed by atoms with Crippen molar-refractivity contribution in [3.8, 4) is 11.5 Å². The first kappa shape index (κ1) is 23.9. The highest BCUT2D eigenvalue weighted by Gasteiger charge is 2.43. The number of rotatable bonds is 8. The van der Waals surface area contributed by atoms with Crippen molar-refractivity contribution in [3.63, 3.8) is 0 Å². The molecular weight excluding hydrogens is 406 g/mol. The molecule has 1 aliphatic carbocycles. The first-order valence-corrected chi connectivity index (χ1v) is 11.5. The van der Waals surface area contributed by atoms with Gasteiger partial charge in [0.25, 0.3) is 0 Å². The number of ketones is 1. The second-order valence-corrected chi connectivity index (χ2v) is 9.43. The molecule has 1 heterocycles. The summed E-state index contributed by atoms with van der Waals surface area (Å²) in [6.07, 6.45) is 3.97. The van der Waals surface area contributed by atoms with Crippen molar-refractivity contribution in [3.05, 3.63) is 46.3 Å². The molecule has 2 aliphatic rings. The highest BCUT2D eigenvalue weighted by atomic mass is 16.5. The summed E-state index contributed by atoms with van der Waals surface area (Å²) in [5.41, 5.74) is 3.20. The van der Waals surface area contributed by atoms with Crippen molar-refractivity contribution in [1.29, 1.82) is 0 Å². The lowest BCUT2D eigenvalue weighted by Gasteiger charge is -2.39. The van der Waals surface area contributed by atoms with Crippen LogP contribution in [0.3, 0.4) is 0 Å². The van der Waals surface area contributed by atoms with Gasteiger partial charge in [0.1, 0.15) is 0 Å². The molecule has 0 saturated carbocycles. The Morgan fingerprint density at radius 1 is 1.22 bits per heavy atom. The van der Waals surface area contributed by atoms with Crippen LogP contribution in [-0.4, -0.2) is 30.1 Å². The average molecular weight is 442 g/mol. The minimum Gasteiger partial charge on any atom is -0.504 e. The standard InChI is InChI=1S/C26H35NO5/c1-6-8-9-12-32-25(30)22-16(3)27-18-14-26(4,5)15-20(29)24(18)23(22)17-10-11-19(28)21(13-17)31-7-2/h10-11,13,23,27-28H,6-9,12,14-15H2,1-5H3/t23-/m0/s1. The summed E-state index contributed by atoms with van der Waals surface area (Å²) < 4.78 is 11.2. The zero-order valence-corrected chi connectivity index (χ0v) is 19.8. The number of unbranched alkanes of at least 4 members (excludes halogenated alkanes) is 2. The number of esters is 1. The lowest BCUT2D eigenvalue weighted by Crippen LogP contribution is -2.38. The molecule has 0 radical (unpaired) electrons. The summed E-state index contributed by atoms with van der Waals surface area (Å²) in [4.78, 5) is 26.5. The second-order valence-electron chi connectivity index (χ2n) is 9.43. The van der Waals surface area contributed by atoms with E-state index in [4.69, 9.17) is 9.47 Å². The van der Waals surface area contributed by atoms with Gasteiger partial charge in [-0.1, -0.05) is 39.7 Å². The van der Waals surface area contributed by atoms with Gasteiger partial charge in [-0.05, 0) is 49.8 Å². The van der Waals surface area contributed by atoms with Crippen LogP contribution in [0.5, 0.6) is 11.5 Å².